The lowest BCUT2D eigenvalue weighted by Gasteiger charge is -2.31. The molecule has 3 aromatic rings. The van der Waals surface area contributed by atoms with E-state index in [9.17, 15) is 13.2 Å². The maximum Gasteiger partial charge on any atom is 0.416 e. The number of nitrogens with zero attached hydrogens (tertiary/aromatic N) is 2. The van der Waals surface area contributed by atoms with Gasteiger partial charge in [-0.05, 0) is 61.8 Å². The third kappa shape index (κ3) is 4.82. The molecule has 4 rings (SSSR count). The number of hydrogen-bond donors (Lipinski definition) is 1. The molecule has 0 radical (unpaired) electrons. The van der Waals surface area contributed by atoms with E-state index in [1.54, 1.807) is 18.2 Å². The van der Waals surface area contributed by atoms with Crippen molar-refractivity contribution >= 4 is 23.2 Å². The molecule has 0 bridgehead atoms. The number of rotatable bonds is 4. The van der Waals surface area contributed by atoms with E-state index in [0.29, 0.717) is 28.1 Å². The van der Waals surface area contributed by atoms with Gasteiger partial charge in [0.15, 0.2) is 0 Å². The molecular weight excluding hydrogens is 434 g/mol. The Morgan fingerprint density at radius 1 is 1.03 bits per heavy atom. The number of halogens is 5. The van der Waals surface area contributed by atoms with Crippen molar-refractivity contribution in [3.63, 3.8) is 0 Å². The SMILES string of the molecule is FC(F)(F)c1cccc(CN2CCC(c3cc(-c4ccc(Cl)cc4Cl)n[nH]3)CC2)c1. The minimum absolute atomic E-state index is 0.329. The summed E-state index contributed by atoms with van der Waals surface area (Å²) in [4.78, 5) is 2.19. The van der Waals surface area contributed by atoms with E-state index in [2.05, 4.69) is 15.1 Å². The van der Waals surface area contributed by atoms with Crippen LogP contribution in [0.3, 0.4) is 0 Å². The lowest BCUT2D eigenvalue weighted by atomic mass is 9.93. The first kappa shape index (κ1) is 21.2. The summed E-state index contributed by atoms with van der Waals surface area (Å²) in [6.45, 7) is 2.15. The van der Waals surface area contributed by atoms with Crippen LogP contribution in [0.15, 0.2) is 48.5 Å². The van der Waals surface area contributed by atoms with Gasteiger partial charge < -0.3 is 0 Å². The Bertz CT molecular complexity index is 1020. The van der Waals surface area contributed by atoms with Gasteiger partial charge >= 0.3 is 6.18 Å². The summed E-state index contributed by atoms with van der Waals surface area (Å²) in [6, 6.07) is 12.9. The summed E-state index contributed by atoms with van der Waals surface area (Å²) >= 11 is 12.2. The average molecular weight is 454 g/mol. The van der Waals surface area contributed by atoms with E-state index < -0.39 is 11.7 Å². The molecule has 2 heterocycles. The van der Waals surface area contributed by atoms with Gasteiger partial charge in [-0.15, -0.1) is 0 Å². The van der Waals surface area contributed by atoms with Gasteiger partial charge in [0.05, 0.1) is 16.3 Å². The van der Waals surface area contributed by atoms with Crippen LogP contribution in [0, 0.1) is 0 Å². The van der Waals surface area contributed by atoms with Crippen molar-refractivity contribution in [2.45, 2.75) is 31.5 Å². The van der Waals surface area contributed by atoms with Crippen LogP contribution in [-0.4, -0.2) is 28.2 Å². The number of aromatic amines is 1. The fraction of sp³-hybridized carbons (Fsp3) is 0.318. The van der Waals surface area contributed by atoms with Gasteiger partial charge in [0, 0.05) is 28.7 Å². The van der Waals surface area contributed by atoms with Crippen LogP contribution >= 0.6 is 23.2 Å². The Morgan fingerprint density at radius 3 is 2.50 bits per heavy atom. The van der Waals surface area contributed by atoms with Crippen LogP contribution in [0.4, 0.5) is 13.2 Å². The Morgan fingerprint density at radius 2 is 1.80 bits per heavy atom. The number of benzene rings is 2. The molecule has 1 fully saturated rings. The largest absolute Gasteiger partial charge is 0.416 e. The monoisotopic (exact) mass is 453 g/mol. The minimum Gasteiger partial charge on any atom is -0.299 e. The number of aromatic nitrogens is 2. The van der Waals surface area contributed by atoms with Crippen LogP contribution in [0.1, 0.15) is 35.6 Å². The summed E-state index contributed by atoms with van der Waals surface area (Å²) in [5.41, 5.74) is 2.74. The van der Waals surface area contributed by atoms with Crippen molar-refractivity contribution < 1.29 is 13.2 Å². The fourth-order valence-electron chi connectivity index (χ4n) is 3.89. The highest BCUT2D eigenvalue weighted by Crippen LogP contribution is 2.34. The number of likely N-dealkylation sites (tertiary alicyclic amines) is 1. The van der Waals surface area contributed by atoms with Gasteiger partial charge in [-0.1, -0.05) is 41.4 Å². The highest BCUT2D eigenvalue weighted by atomic mass is 35.5. The molecule has 0 saturated carbocycles. The maximum atomic E-state index is 12.9. The zero-order chi connectivity index (χ0) is 21.3. The molecule has 0 aliphatic carbocycles. The van der Waals surface area contributed by atoms with Gasteiger partial charge in [0.1, 0.15) is 0 Å². The van der Waals surface area contributed by atoms with Gasteiger partial charge in [-0.2, -0.15) is 18.3 Å². The lowest BCUT2D eigenvalue weighted by Crippen LogP contribution is -2.32. The zero-order valence-corrected chi connectivity index (χ0v) is 17.5. The van der Waals surface area contributed by atoms with Crippen LogP contribution in [-0.2, 0) is 12.7 Å². The van der Waals surface area contributed by atoms with Crippen LogP contribution in [0.5, 0.6) is 0 Å². The van der Waals surface area contributed by atoms with Crippen molar-refractivity contribution in [3.05, 3.63) is 75.4 Å². The summed E-state index contributed by atoms with van der Waals surface area (Å²) < 4.78 is 38.8. The number of alkyl halides is 3. The van der Waals surface area contributed by atoms with Crippen molar-refractivity contribution in [1.29, 1.82) is 0 Å². The topological polar surface area (TPSA) is 31.9 Å². The molecule has 1 aliphatic heterocycles. The van der Waals surface area contributed by atoms with Gasteiger partial charge in [-0.3, -0.25) is 10.00 Å². The summed E-state index contributed by atoms with van der Waals surface area (Å²) in [5, 5.41) is 8.65. The predicted molar refractivity (Wildman–Crippen MR) is 113 cm³/mol. The molecule has 1 N–H and O–H groups in total. The highest BCUT2D eigenvalue weighted by molar-refractivity contribution is 6.36. The molecule has 2 aromatic carbocycles. The zero-order valence-electron chi connectivity index (χ0n) is 16.0. The molecule has 0 atom stereocenters. The standard InChI is InChI=1S/C22H20Cl2F3N3/c23-17-4-5-18(19(24)11-17)21-12-20(28-29-21)15-6-8-30(9-7-15)13-14-2-1-3-16(10-14)22(25,26)27/h1-5,10-12,15H,6-9,13H2,(H,28,29). The Hall–Kier alpha value is -2.02. The van der Waals surface area contributed by atoms with Crippen molar-refractivity contribution in [2.24, 2.45) is 0 Å². The molecule has 0 spiro atoms. The molecule has 1 aromatic heterocycles. The summed E-state index contributed by atoms with van der Waals surface area (Å²) in [7, 11) is 0. The second-order valence-corrected chi connectivity index (χ2v) is 8.42. The quantitative estimate of drug-likeness (QED) is 0.471. The molecule has 0 unspecified atom stereocenters. The van der Waals surface area contributed by atoms with Crippen LogP contribution in [0.2, 0.25) is 10.0 Å². The Balaban J connectivity index is 1.38. The minimum atomic E-state index is -4.31. The van der Waals surface area contributed by atoms with Crippen molar-refractivity contribution in [2.75, 3.05) is 13.1 Å². The molecule has 0 amide bonds. The molecule has 1 aliphatic rings. The number of H-pyrrole nitrogens is 1. The summed E-state index contributed by atoms with van der Waals surface area (Å²) in [6.07, 6.45) is -2.49. The molecule has 1 saturated heterocycles. The first-order chi connectivity index (χ1) is 14.3. The smallest absolute Gasteiger partial charge is 0.299 e. The van der Waals surface area contributed by atoms with E-state index in [-0.39, 0.29) is 0 Å². The molecule has 3 nitrogen and oxygen atoms in total. The average Bonchev–Trinajstić information content (AvgIpc) is 3.18. The van der Waals surface area contributed by atoms with Gasteiger partial charge in [0.25, 0.3) is 0 Å². The van der Waals surface area contributed by atoms with E-state index in [0.717, 1.165) is 48.9 Å². The first-order valence-corrected chi connectivity index (χ1v) is 10.4. The second-order valence-electron chi connectivity index (χ2n) is 7.58. The Labute approximate surface area is 182 Å². The Kier molecular flexibility index (Phi) is 6.09. The van der Waals surface area contributed by atoms with E-state index in [1.165, 1.54) is 12.1 Å². The molecule has 30 heavy (non-hydrogen) atoms. The second kappa shape index (κ2) is 8.61. The summed E-state index contributed by atoms with van der Waals surface area (Å²) in [5.74, 6) is 0.329. The molecule has 158 valence electrons. The number of nitrogens with one attached hydrogen (secondary N) is 1. The van der Waals surface area contributed by atoms with Crippen LogP contribution in [0.25, 0.3) is 11.3 Å². The lowest BCUT2D eigenvalue weighted by molar-refractivity contribution is -0.137. The first-order valence-electron chi connectivity index (χ1n) is 9.69. The maximum absolute atomic E-state index is 12.9. The predicted octanol–water partition coefficient (Wildman–Crippen LogP) is 6.78. The van der Waals surface area contributed by atoms with E-state index in [1.807, 2.05) is 12.1 Å². The molecular formula is C22H20Cl2F3N3. The highest BCUT2D eigenvalue weighted by Gasteiger charge is 2.30. The third-order valence-corrected chi connectivity index (χ3v) is 6.04. The number of hydrogen-bond acceptors (Lipinski definition) is 2. The number of piperidine rings is 1. The van der Waals surface area contributed by atoms with Gasteiger partial charge in [0.2, 0.25) is 0 Å². The van der Waals surface area contributed by atoms with Gasteiger partial charge in [-0.25, -0.2) is 0 Å². The molecule has 8 heteroatoms. The van der Waals surface area contributed by atoms with E-state index >= 15 is 0 Å². The fourth-order valence-corrected chi connectivity index (χ4v) is 4.39. The van der Waals surface area contributed by atoms with Crippen molar-refractivity contribution in [1.82, 2.24) is 15.1 Å². The van der Waals surface area contributed by atoms with Crippen molar-refractivity contribution in [3.8, 4) is 11.3 Å². The third-order valence-electron chi connectivity index (χ3n) is 5.49. The van der Waals surface area contributed by atoms with E-state index in [4.69, 9.17) is 23.2 Å². The normalized spacial score (nSPS) is 16.2. The van der Waals surface area contributed by atoms with Crippen LogP contribution < -0.4 is 0 Å².